The van der Waals surface area contributed by atoms with Crippen LogP contribution in [0.2, 0.25) is 10.0 Å². The van der Waals surface area contributed by atoms with Crippen molar-refractivity contribution in [2.75, 3.05) is 23.7 Å². The van der Waals surface area contributed by atoms with Crippen LogP contribution in [0.1, 0.15) is 36.5 Å². The third kappa shape index (κ3) is 6.09. The van der Waals surface area contributed by atoms with E-state index in [4.69, 9.17) is 27.6 Å². The van der Waals surface area contributed by atoms with Crippen molar-refractivity contribution in [3.8, 4) is 0 Å². The normalized spacial score (nSPS) is 14.2. The summed E-state index contributed by atoms with van der Waals surface area (Å²) in [4.78, 5) is 26.6. The van der Waals surface area contributed by atoms with Gasteiger partial charge in [-0.05, 0) is 60.7 Å². The molecule has 0 saturated carbocycles. The van der Waals surface area contributed by atoms with E-state index < -0.39 is 0 Å². The van der Waals surface area contributed by atoms with Crippen LogP contribution in [0.25, 0.3) is 0 Å². The van der Waals surface area contributed by atoms with Crippen molar-refractivity contribution >= 4 is 46.5 Å². The van der Waals surface area contributed by atoms with E-state index in [1.165, 1.54) is 5.56 Å². The van der Waals surface area contributed by atoms with Gasteiger partial charge in [0.25, 0.3) is 0 Å². The van der Waals surface area contributed by atoms with Gasteiger partial charge in [0, 0.05) is 31.6 Å². The van der Waals surface area contributed by atoms with Gasteiger partial charge in [0.05, 0.1) is 22.0 Å². The zero-order valence-electron chi connectivity index (χ0n) is 18.0. The highest BCUT2D eigenvalue weighted by molar-refractivity contribution is 6.39. The smallest absolute Gasteiger partial charge is 0.321 e. The molecule has 1 aliphatic heterocycles. The van der Waals surface area contributed by atoms with Crippen molar-refractivity contribution in [2.24, 2.45) is 0 Å². The minimum Gasteiger partial charge on any atom is -0.469 e. The Hall–Kier alpha value is -2.96. The van der Waals surface area contributed by atoms with Crippen molar-refractivity contribution in [1.29, 1.82) is 0 Å². The number of nitrogens with zero attached hydrogens (tertiary/aromatic N) is 1. The molecule has 0 atom stereocenters. The van der Waals surface area contributed by atoms with Crippen LogP contribution in [0.4, 0.5) is 16.2 Å². The molecule has 2 N–H and O–H groups in total. The summed E-state index contributed by atoms with van der Waals surface area (Å²) in [7, 11) is 0. The highest BCUT2D eigenvalue weighted by atomic mass is 35.5. The third-order valence-corrected chi connectivity index (χ3v) is 6.45. The van der Waals surface area contributed by atoms with E-state index in [1.54, 1.807) is 29.4 Å². The highest BCUT2D eigenvalue weighted by Gasteiger charge is 2.24. The fourth-order valence-corrected chi connectivity index (χ4v) is 4.46. The lowest BCUT2D eigenvalue weighted by molar-refractivity contribution is -0.116. The standard InChI is InChI=1S/C25H25Cl2N3O3/c26-21-4-1-5-22(27)24(21)29-25(32)30-14-12-18(13-15-30)17-6-8-19(9-7-17)28-23(31)11-10-20-3-2-16-33-20/h1-9,16,18H,10-15H2,(H,28,31)(H,29,32). The van der Waals surface area contributed by atoms with Crippen LogP contribution >= 0.6 is 23.2 Å². The van der Waals surface area contributed by atoms with E-state index >= 15 is 0 Å². The van der Waals surface area contributed by atoms with Gasteiger partial charge in [0.1, 0.15) is 5.76 Å². The second kappa shape index (κ2) is 10.8. The first-order chi connectivity index (χ1) is 16.0. The zero-order chi connectivity index (χ0) is 23.2. The second-order valence-corrected chi connectivity index (χ2v) is 8.85. The minimum atomic E-state index is -0.198. The highest BCUT2D eigenvalue weighted by Crippen LogP contribution is 2.32. The first kappa shape index (κ1) is 23.2. The Balaban J connectivity index is 1.25. The van der Waals surface area contributed by atoms with Crippen LogP contribution in [-0.2, 0) is 11.2 Å². The lowest BCUT2D eigenvalue weighted by atomic mass is 9.89. The Bertz CT molecular complexity index is 1070. The Morgan fingerprint density at radius 2 is 1.64 bits per heavy atom. The molecule has 1 saturated heterocycles. The van der Waals surface area contributed by atoms with Crippen LogP contribution in [0, 0.1) is 0 Å². The third-order valence-electron chi connectivity index (χ3n) is 5.82. The molecule has 0 radical (unpaired) electrons. The SMILES string of the molecule is O=C(CCc1ccco1)Nc1ccc(C2CCN(C(=O)Nc3c(Cl)cccc3Cl)CC2)cc1. The predicted octanol–water partition coefficient (Wildman–Crippen LogP) is 6.57. The Morgan fingerprint density at radius 3 is 2.27 bits per heavy atom. The molecular weight excluding hydrogens is 461 g/mol. The first-order valence-corrected chi connectivity index (χ1v) is 11.7. The van der Waals surface area contributed by atoms with Crippen LogP contribution < -0.4 is 10.6 Å². The van der Waals surface area contributed by atoms with Gasteiger partial charge in [-0.25, -0.2) is 4.79 Å². The van der Waals surface area contributed by atoms with E-state index in [0.717, 1.165) is 24.3 Å². The summed E-state index contributed by atoms with van der Waals surface area (Å²) < 4.78 is 5.26. The molecule has 4 rings (SSSR count). The summed E-state index contributed by atoms with van der Waals surface area (Å²) in [6.45, 7) is 1.29. The van der Waals surface area contributed by atoms with Crippen LogP contribution in [0.15, 0.2) is 65.3 Å². The number of benzene rings is 2. The topological polar surface area (TPSA) is 74.6 Å². The molecular formula is C25H25Cl2N3O3. The van der Waals surface area contributed by atoms with Gasteiger partial charge < -0.3 is 20.0 Å². The van der Waals surface area contributed by atoms with Gasteiger partial charge in [-0.3, -0.25) is 4.79 Å². The molecule has 33 heavy (non-hydrogen) atoms. The Labute approximate surface area is 202 Å². The molecule has 6 nitrogen and oxygen atoms in total. The number of urea groups is 1. The van der Waals surface area contributed by atoms with Crippen LogP contribution in [-0.4, -0.2) is 29.9 Å². The molecule has 2 aromatic carbocycles. The van der Waals surface area contributed by atoms with Gasteiger partial charge in [-0.2, -0.15) is 0 Å². The zero-order valence-corrected chi connectivity index (χ0v) is 19.5. The van der Waals surface area contributed by atoms with Crippen molar-refractivity contribution < 1.29 is 14.0 Å². The predicted molar refractivity (Wildman–Crippen MR) is 131 cm³/mol. The number of furan rings is 1. The molecule has 3 aromatic rings. The summed E-state index contributed by atoms with van der Waals surface area (Å²) in [5, 5.41) is 6.58. The number of halogens is 2. The van der Waals surface area contributed by atoms with Crippen molar-refractivity contribution in [1.82, 2.24) is 4.90 Å². The summed E-state index contributed by atoms with van der Waals surface area (Å²) >= 11 is 12.3. The maximum atomic E-state index is 12.6. The summed E-state index contributed by atoms with van der Waals surface area (Å²) in [6.07, 6.45) is 4.27. The van der Waals surface area contributed by atoms with Gasteiger partial charge in [-0.15, -0.1) is 0 Å². The fraction of sp³-hybridized carbons (Fsp3) is 0.280. The molecule has 1 aliphatic rings. The molecule has 3 amide bonds. The Kier molecular flexibility index (Phi) is 7.57. The monoisotopic (exact) mass is 485 g/mol. The van der Waals surface area contributed by atoms with Crippen LogP contribution in [0.5, 0.6) is 0 Å². The van der Waals surface area contributed by atoms with Gasteiger partial charge in [0.15, 0.2) is 0 Å². The molecule has 0 aliphatic carbocycles. The first-order valence-electron chi connectivity index (χ1n) is 10.9. The number of para-hydroxylation sites is 1. The number of carbonyl (C=O) groups is 2. The fourth-order valence-electron chi connectivity index (χ4n) is 3.97. The number of amides is 3. The molecule has 2 heterocycles. The lowest BCUT2D eigenvalue weighted by Crippen LogP contribution is -2.40. The number of hydrogen-bond acceptors (Lipinski definition) is 3. The molecule has 0 bridgehead atoms. The number of rotatable bonds is 6. The number of nitrogens with one attached hydrogen (secondary N) is 2. The molecule has 0 unspecified atom stereocenters. The summed E-state index contributed by atoms with van der Waals surface area (Å²) in [6, 6.07) is 16.6. The quantitative estimate of drug-likeness (QED) is 0.414. The molecule has 1 fully saturated rings. The minimum absolute atomic E-state index is 0.0444. The summed E-state index contributed by atoms with van der Waals surface area (Å²) in [5.74, 6) is 1.12. The summed E-state index contributed by atoms with van der Waals surface area (Å²) in [5.41, 5.74) is 2.42. The molecule has 8 heteroatoms. The number of carbonyl (C=O) groups excluding carboxylic acids is 2. The van der Waals surface area contributed by atoms with Gasteiger partial charge in [0.2, 0.25) is 5.91 Å². The van der Waals surface area contributed by atoms with E-state index in [0.29, 0.717) is 47.6 Å². The van der Waals surface area contributed by atoms with Gasteiger partial charge >= 0.3 is 6.03 Å². The maximum Gasteiger partial charge on any atom is 0.321 e. The van der Waals surface area contributed by atoms with E-state index in [2.05, 4.69) is 10.6 Å². The number of anilines is 2. The van der Waals surface area contributed by atoms with Crippen molar-refractivity contribution in [3.63, 3.8) is 0 Å². The van der Waals surface area contributed by atoms with Crippen LogP contribution in [0.3, 0.4) is 0 Å². The molecule has 1 aromatic heterocycles. The largest absolute Gasteiger partial charge is 0.469 e. The maximum absolute atomic E-state index is 12.6. The van der Waals surface area contributed by atoms with E-state index in [-0.39, 0.29) is 11.9 Å². The number of aryl methyl sites for hydroxylation is 1. The van der Waals surface area contributed by atoms with Gasteiger partial charge in [-0.1, -0.05) is 41.4 Å². The molecule has 0 spiro atoms. The van der Waals surface area contributed by atoms with Crippen molar-refractivity contribution in [2.45, 2.75) is 31.6 Å². The van der Waals surface area contributed by atoms with Crippen molar-refractivity contribution in [3.05, 3.63) is 82.2 Å². The van der Waals surface area contributed by atoms with E-state index in [1.807, 2.05) is 36.4 Å². The van der Waals surface area contributed by atoms with E-state index in [9.17, 15) is 9.59 Å². The second-order valence-electron chi connectivity index (χ2n) is 8.04. The lowest BCUT2D eigenvalue weighted by Gasteiger charge is -2.32. The number of hydrogen-bond donors (Lipinski definition) is 2. The molecule has 172 valence electrons. The average Bonchev–Trinajstić information content (AvgIpc) is 3.35. The average molecular weight is 486 g/mol. The number of likely N-dealkylation sites (tertiary alicyclic amines) is 1. The number of piperidine rings is 1. The Morgan fingerprint density at radius 1 is 0.939 bits per heavy atom.